The normalized spacial score (nSPS) is 10.2. The summed E-state index contributed by atoms with van der Waals surface area (Å²) in [5, 5.41) is 0. The average Bonchev–Trinajstić information content (AvgIpc) is 2.52. The van der Waals surface area contributed by atoms with Crippen LogP contribution in [-0.2, 0) is 17.6 Å². The Kier molecular flexibility index (Phi) is 6.10. The molecule has 0 heterocycles. The van der Waals surface area contributed by atoms with Crippen LogP contribution in [0.5, 0.6) is 0 Å². The molecule has 0 aliphatic heterocycles. The summed E-state index contributed by atoms with van der Waals surface area (Å²) >= 11 is 4.86. The molecule has 3 nitrogen and oxygen atoms in total. The molecular formula is C18H19NO2S. The number of benzene rings is 2. The number of hydrogen-bond donors (Lipinski definition) is 1. The van der Waals surface area contributed by atoms with E-state index in [1.54, 1.807) is 12.1 Å². The maximum atomic E-state index is 11.9. The monoisotopic (exact) mass is 313 g/mol. The van der Waals surface area contributed by atoms with Crippen molar-refractivity contribution in [2.24, 2.45) is 5.73 Å². The first kappa shape index (κ1) is 16.2. The van der Waals surface area contributed by atoms with E-state index in [1.165, 1.54) is 5.56 Å². The molecule has 0 spiro atoms. The van der Waals surface area contributed by atoms with Gasteiger partial charge >= 0.3 is 5.97 Å². The van der Waals surface area contributed by atoms with Crippen molar-refractivity contribution >= 4 is 23.2 Å². The number of carbonyl (C=O) groups is 1. The largest absolute Gasteiger partial charge is 0.462 e. The van der Waals surface area contributed by atoms with Gasteiger partial charge in [-0.3, -0.25) is 0 Å². The van der Waals surface area contributed by atoms with E-state index in [0.29, 0.717) is 23.6 Å². The second-order valence-electron chi connectivity index (χ2n) is 5.07. The SMILES string of the molecule is NC(=S)Cc1ccc(C(=O)OCCCc2ccccc2)cc1. The van der Waals surface area contributed by atoms with Crippen LogP contribution in [0, 0.1) is 0 Å². The Balaban J connectivity index is 1.76. The van der Waals surface area contributed by atoms with Gasteiger partial charge in [0.25, 0.3) is 0 Å². The molecule has 114 valence electrons. The molecule has 4 heteroatoms. The van der Waals surface area contributed by atoms with Crippen LogP contribution in [-0.4, -0.2) is 17.6 Å². The van der Waals surface area contributed by atoms with Crippen molar-refractivity contribution in [2.45, 2.75) is 19.3 Å². The van der Waals surface area contributed by atoms with Crippen LogP contribution in [0.2, 0.25) is 0 Å². The van der Waals surface area contributed by atoms with Gasteiger partial charge in [0, 0.05) is 6.42 Å². The number of ether oxygens (including phenoxy) is 1. The van der Waals surface area contributed by atoms with Crippen LogP contribution in [0.1, 0.15) is 27.9 Å². The highest BCUT2D eigenvalue weighted by atomic mass is 32.1. The van der Waals surface area contributed by atoms with E-state index in [1.807, 2.05) is 30.3 Å². The third-order valence-electron chi connectivity index (χ3n) is 3.25. The predicted octanol–water partition coefficient (Wildman–Crippen LogP) is 3.30. The molecule has 0 fully saturated rings. The van der Waals surface area contributed by atoms with E-state index in [2.05, 4.69) is 12.1 Å². The van der Waals surface area contributed by atoms with Crippen molar-refractivity contribution in [1.82, 2.24) is 0 Å². The third-order valence-corrected chi connectivity index (χ3v) is 3.40. The van der Waals surface area contributed by atoms with Gasteiger partial charge in [-0.05, 0) is 36.1 Å². The molecule has 0 aliphatic carbocycles. The Hall–Kier alpha value is -2.20. The van der Waals surface area contributed by atoms with Crippen molar-refractivity contribution in [3.05, 3.63) is 71.3 Å². The zero-order valence-corrected chi connectivity index (χ0v) is 13.1. The zero-order chi connectivity index (χ0) is 15.8. The lowest BCUT2D eigenvalue weighted by atomic mass is 10.1. The minimum atomic E-state index is -0.296. The molecule has 2 aromatic carbocycles. The Morgan fingerprint density at radius 3 is 2.32 bits per heavy atom. The fourth-order valence-corrected chi connectivity index (χ4v) is 2.30. The van der Waals surface area contributed by atoms with Gasteiger partial charge in [-0.2, -0.15) is 0 Å². The number of aryl methyl sites for hydroxylation is 1. The summed E-state index contributed by atoms with van der Waals surface area (Å²) in [6.45, 7) is 0.419. The van der Waals surface area contributed by atoms with Gasteiger partial charge in [0.1, 0.15) is 0 Å². The lowest BCUT2D eigenvalue weighted by Gasteiger charge is -2.06. The van der Waals surface area contributed by atoms with Gasteiger partial charge in [0.05, 0.1) is 17.2 Å². The maximum absolute atomic E-state index is 11.9. The summed E-state index contributed by atoms with van der Waals surface area (Å²) in [6, 6.07) is 17.3. The molecule has 2 aromatic rings. The van der Waals surface area contributed by atoms with Crippen LogP contribution < -0.4 is 5.73 Å². The zero-order valence-electron chi connectivity index (χ0n) is 12.3. The molecule has 0 saturated carbocycles. The molecule has 0 aliphatic rings. The Bertz CT molecular complexity index is 623. The van der Waals surface area contributed by atoms with Gasteiger partial charge in [-0.25, -0.2) is 4.79 Å². The van der Waals surface area contributed by atoms with E-state index in [4.69, 9.17) is 22.7 Å². The smallest absolute Gasteiger partial charge is 0.338 e. The number of rotatable bonds is 7. The Morgan fingerprint density at radius 2 is 1.68 bits per heavy atom. The standard InChI is InChI=1S/C18H19NO2S/c19-17(22)13-15-8-10-16(11-9-15)18(20)21-12-4-7-14-5-2-1-3-6-14/h1-3,5-6,8-11H,4,7,12-13H2,(H2,19,22). The highest BCUT2D eigenvalue weighted by molar-refractivity contribution is 7.80. The molecule has 0 aromatic heterocycles. The third kappa shape index (κ3) is 5.30. The van der Waals surface area contributed by atoms with E-state index >= 15 is 0 Å². The first-order valence-corrected chi connectivity index (χ1v) is 7.64. The van der Waals surface area contributed by atoms with Crippen molar-refractivity contribution in [1.29, 1.82) is 0 Å². The summed E-state index contributed by atoms with van der Waals surface area (Å²) in [5.74, 6) is -0.296. The van der Waals surface area contributed by atoms with E-state index in [0.717, 1.165) is 18.4 Å². The van der Waals surface area contributed by atoms with Crippen molar-refractivity contribution in [2.75, 3.05) is 6.61 Å². The lowest BCUT2D eigenvalue weighted by Crippen LogP contribution is -2.11. The molecule has 2 rings (SSSR count). The summed E-state index contributed by atoms with van der Waals surface area (Å²) in [4.78, 5) is 12.4. The Labute approximate surface area is 136 Å². The summed E-state index contributed by atoms with van der Waals surface area (Å²) in [7, 11) is 0. The van der Waals surface area contributed by atoms with E-state index in [-0.39, 0.29) is 5.97 Å². The number of carbonyl (C=O) groups excluding carboxylic acids is 1. The average molecular weight is 313 g/mol. The summed E-state index contributed by atoms with van der Waals surface area (Å²) < 4.78 is 5.28. The molecule has 0 unspecified atom stereocenters. The Morgan fingerprint density at radius 1 is 1.00 bits per heavy atom. The number of nitrogens with two attached hydrogens (primary N) is 1. The lowest BCUT2D eigenvalue weighted by molar-refractivity contribution is 0.0500. The van der Waals surface area contributed by atoms with Gasteiger partial charge in [-0.15, -0.1) is 0 Å². The van der Waals surface area contributed by atoms with Crippen LogP contribution in [0.25, 0.3) is 0 Å². The summed E-state index contributed by atoms with van der Waals surface area (Å²) in [5.41, 5.74) is 8.28. The van der Waals surface area contributed by atoms with Crippen LogP contribution in [0.3, 0.4) is 0 Å². The maximum Gasteiger partial charge on any atom is 0.338 e. The number of thiocarbonyl (C=S) groups is 1. The van der Waals surface area contributed by atoms with Crippen LogP contribution in [0.4, 0.5) is 0 Å². The van der Waals surface area contributed by atoms with Gasteiger partial charge in [0.2, 0.25) is 0 Å². The minimum Gasteiger partial charge on any atom is -0.462 e. The first-order valence-electron chi connectivity index (χ1n) is 7.23. The van der Waals surface area contributed by atoms with E-state index < -0.39 is 0 Å². The van der Waals surface area contributed by atoms with Crippen molar-refractivity contribution in [3.63, 3.8) is 0 Å². The molecule has 22 heavy (non-hydrogen) atoms. The molecule has 0 radical (unpaired) electrons. The van der Waals surface area contributed by atoms with E-state index in [9.17, 15) is 4.79 Å². The quantitative estimate of drug-likeness (QED) is 0.484. The highest BCUT2D eigenvalue weighted by Crippen LogP contribution is 2.08. The number of esters is 1. The molecule has 0 saturated heterocycles. The first-order chi connectivity index (χ1) is 10.6. The van der Waals surface area contributed by atoms with Crippen LogP contribution in [0.15, 0.2) is 54.6 Å². The molecular weight excluding hydrogens is 294 g/mol. The predicted molar refractivity (Wildman–Crippen MR) is 92.0 cm³/mol. The van der Waals surface area contributed by atoms with Crippen molar-refractivity contribution in [3.8, 4) is 0 Å². The second-order valence-corrected chi connectivity index (χ2v) is 5.59. The van der Waals surface area contributed by atoms with Gasteiger partial charge < -0.3 is 10.5 Å². The summed E-state index contributed by atoms with van der Waals surface area (Å²) in [6.07, 6.45) is 2.26. The van der Waals surface area contributed by atoms with Gasteiger partial charge in [0.15, 0.2) is 0 Å². The van der Waals surface area contributed by atoms with Gasteiger partial charge in [-0.1, -0.05) is 54.7 Å². The molecule has 0 atom stereocenters. The van der Waals surface area contributed by atoms with Crippen LogP contribution >= 0.6 is 12.2 Å². The highest BCUT2D eigenvalue weighted by Gasteiger charge is 2.07. The molecule has 0 bridgehead atoms. The fraction of sp³-hybridized carbons (Fsp3) is 0.222. The minimum absolute atomic E-state index is 0.296. The molecule has 0 amide bonds. The topological polar surface area (TPSA) is 52.3 Å². The van der Waals surface area contributed by atoms with Crippen molar-refractivity contribution < 1.29 is 9.53 Å². The number of hydrogen-bond acceptors (Lipinski definition) is 3. The second kappa shape index (κ2) is 8.29. The molecule has 2 N–H and O–H groups in total. The fourth-order valence-electron chi connectivity index (χ4n) is 2.13.